The minimum Gasteiger partial charge on any atom is -0.480 e. The lowest BCUT2D eigenvalue weighted by molar-refractivity contribution is -0.139. The van der Waals surface area contributed by atoms with Crippen LogP contribution in [0.3, 0.4) is 0 Å². The van der Waals surface area contributed by atoms with Gasteiger partial charge in [0.2, 0.25) is 0 Å². The minimum absolute atomic E-state index is 0.186. The standard InChI is InChI=1S/C31H40N2O5S/c1-4-5-10-28(29-14-12-23(38-29)15-17-32)37-20-22-11-13-25(26(19-22)24-9-7-6-8-21(24)2)30(34)33-27(31(35)36)16-18-39-3/h6-9,11-14,19,27-28H,4-5,10,15-18,20,32H2,1-3H3,(H,33,34)(H,35,36). The second-order valence-electron chi connectivity index (χ2n) is 9.63. The number of carboxylic acids is 1. The second kappa shape index (κ2) is 15.5. The lowest BCUT2D eigenvalue weighted by Gasteiger charge is -2.19. The van der Waals surface area contributed by atoms with E-state index in [1.165, 1.54) is 0 Å². The summed E-state index contributed by atoms with van der Waals surface area (Å²) in [4.78, 5) is 25.1. The number of nitrogens with two attached hydrogens (primary N) is 1. The van der Waals surface area contributed by atoms with Gasteiger partial charge in [-0.05, 0) is 84.8 Å². The molecule has 0 saturated carbocycles. The molecular weight excluding hydrogens is 512 g/mol. The van der Waals surface area contributed by atoms with Crippen molar-refractivity contribution in [2.45, 2.75) is 64.7 Å². The number of unbranched alkanes of at least 4 members (excludes halogenated alkanes) is 1. The number of hydrogen-bond donors (Lipinski definition) is 3. The molecule has 0 aliphatic rings. The highest BCUT2D eigenvalue weighted by Crippen LogP contribution is 2.31. The number of amides is 1. The number of hydrogen-bond acceptors (Lipinski definition) is 6. The Hall–Kier alpha value is -3.07. The molecule has 0 spiro atoms. The maximum absolute atomic E-state index is 13.3. The van der Waals surface area contributed by atoms with Crippen molar-refractivity contribution in [1.82, 2.24) is 5.32 Å². The Morgan fingerprint density at radius 3 is 2.59 bits per heavy atom. The zero-order valence-corrected chi connectivity index (χ0v) is 23.9. The molecule has 1 aromatic heterocycles. The third-order valence-electron chi connectivity index (χ3n) is 6.64. The summed E-state index contributed by atoms with van der Waals surface area (Å²) in [6, 6.07) is 16.4. The molecule has 8 heteroatoms. The lowest BCUT2D eigenvalue weighted by atomic mass is 9.93. The number of aryl methyl sites for hydroxylation is 1. The van der Waals surface area contributed by atoms with Gasteiger partial charge in [-0.3, -0.25) is 4.79 Å². The quantitative estimate of drug-likeness (QED) is 0.195. The monoisotopic (exact) mass is 552 g/mol. The number of carbonyl (C=O) groups is 2. The van der Waals surface area contributed by atoms with E-state index in [0.29, 0.717) is 37.3 Å². The first-order chi connectivity index (χ1) is 18.9. The van der Waals surface area contributed by atoms with Crippen molar-refractivity contribution in [3.63, 3.8) is 0 Å². The molecule has 0 radical (unpaired) electrons. The van der Waals surface area contributed by atoms with E-state index in [-0.39, 0.29) is 6.10 Å². The van der Waals surface area contributed by atoms with Crippen LogP contribution in [-0.4, -0.2) is 41.6 Å². The fraction of sp³-hybridized carbons (Fsp3) is 0.419. The maximum atomic E-state index is 13.3. The van der Waals surface area contributed by atoms with E-state index in [1.54, 1.807) is 17.8 Å². The van der Waals surface area contributed by atoms with E-state index in [9.17, 15) is 14.7 Å². The topological polar surface area (TPSA) is 115 Å². The van der Waals surface area contributed by atoms with Gasteiger partial charge < -0.3 is 25.3 Å². The Morgan fingerprint density at radius 1 is 1.10 bits per heavy atom. The van der Waals surface area contributed by atoms with Gasteiger partial charge in [0.15, 0.2) is 0 Å². The number of carbonyl (C=O) groups excluding carboxylic acids is 1. The van der Waals surface area contributed by atoms with Gasteiger partial charge >= 0.3 is 5.97 Å². The van der Waals surface area contributed by atoms with Crippen LogP contribution in [0.5, 0.6) is 0 Å². The van der Waals surface area contributed by atoms with E-state index in [0.717, 1.165) is 53.0 Å². The molecule has 2 aromatic carbocycles. The van der Waals surface area contributed by atoms with Gasteiger partial charge in [0.05, 0.1) is 6.61 Å². The van der Waals surface area contributed by atoms with Crippen molar-refractivity contribution in [3.8, 4) is 11.1 Å². The molecule has 0 saturated heterocycles. The predicted octanol–water partition coefficient (Wildman–Crippen LogP) is 6.14. The molecule has 1 amide bonds. The van der Waals surface area contributed by atoms with Crippen molar-refractivity contribution in [2.24, 2.45) is 5.73 Å². The minimum atomic E-state index is -1.04. The fourth-order valence-corrected chi connectivity index (χ4v) is 4.92. The molecule has 3 rings (SSSR count). The number of thioether (sulfide) groups is 1. The Kier molecular flexibility index (Phi) is 12.1. The summed E-state index contributed by atoms with van der Waals surface area (Å²) in [5, 5.41) is 12.3. The molecule has 3 aromatic rings. The molecule has 0 aliphatic heterocycles. The summed E-state index contributed by atoms with van der Waals surface area (Å²) in [6.07, 6.45) is 5.66. The highest BCUT2D eigenvalue weighted by molar-refractivity contribution is 7.98. The van der Waals surface area contributed by atoms with E-state index in [2.05, 4.69) is 12.2 Å². The van der Waals surface area contributed by atoms with Crippen molar-refractivity contribution >= 4 is 23.6 Å². The smallest absolute Gasteiger partial charge is 0.326 e. The first-order valence-electron chi connectivity index (χ1n) is 13.5. The molecule has 2 atom stereocenters. The van der Waals surface area contributed by atoms with Crippen LogP contribution in [0.4, 0.5) is 0 Å². The van der Waals surface area contributed by atoms with E-state index in [1.807, 2.05) is 61.7 Å². The van der Waals surface area contributed by atoms with Crippen LogP contribution in [0.1, 0.15) is 71.7 Å². The fourth-order valence-electron chi connectivity index (χ4n) is 4.44. The van der Waals surface area contributed by atoms with Crippen LogP contribution in [0, 0.1) is 6.92 Å². The SMILES string of the molecule is CCCCC(OCc1ccc(C(=O)NC(CCSC)C(=O)O)c(-c2ccccc2C)c1)c1ccc(CCN)o1. The van der Waals surface area contributed by atoms with Gasteiger partial charge in [-0.2, -0.15) is 11.8 Å². The number of nitrogens with one attached hydrogen (secondary N) is 1. The molecule has 7 nitrogen and oxygen atoms in total. The average molecular weight is 553 g/mol. The molecule has 210 valence electrons. The normalized spacial score (nSPS) is 12.7. The molecule has 39 heavy (non-hydrogen) atoms. The highest BCUT2D eigenvalue weighted by Gasteiger charge is 2.23. The van der Waals surface area contributed by atoms with Crippen LogP contribution in [0.15, 0.2) is 59.0 Å². The summed E-state index contributed by atoms with van der Waals surface area (Å²) in [7, 11) is 0. The number of ether oxygens (including phenoxy) is 1. The molecular formula is C31H40N2O5S. The third-order valence-corrected chi connectivity index (χ3v) is 7.28. The number of carboxylic acid groups (broad SMARTS) is 1. The predicted molar refractivity (Wildman–Crippen MR) is 157 cm³/mol. The van der Waals surface area contributed by atoms with E-state index >= 15 is 0 Å². The van der Waals surface area contributed by atoms with Crippen molar-refractivity contribution < 1.29 is 23.8 Å². The second-order valence-corrected chi connectivity index (χ2v) is 10.6. The Balaban J connectivity index is 1.88. The Morgan fingerprint density at radius 2 is 1.90 bits per heavy atom. The summed E-state index contributed by atoms with van der Waals surface area (Å²) in [5.74, 6) is 0.850. The number of aliphatic carboxylic acids is 1. The molecule has 1 heterocycles. The zero-order chi connectivity index (χ0) is 28.2. The average Bonchev–Trinajstić information content (AvgIpc) is 3.39. The van der Waals surface area contributed by atoms with Gasteiger partial charge in [0.25, 0.3) is 5.91 Å². The van der Waals surface area contributed by atoms with Gasteiger partial charge in [-0.1, -0.05) is 50.1 Å². The van der Waals surface area contributed by atoms with Gasteiger partial charge in [-0.15, -0.1) is 0 Å². The summed E-state index contributed by atoms with van der Waals surface area (Å²) < 4.78 is 12.4. The van der Waals surface area contributed by atoms with Gasteiger partial charge in [0.1, 0.15) is 23.7 Å². The highest BCUT2D eigenvalue weighted by atomic mass is 32.2. The largest absolute Gasteiger partial charge is 0.480 e. The van der Waals surface area contributed by atoms with Crippen LogP contribution < -0.4 is 11.1 Å². The van der Waals surface area contributed by atoms with Crippen LogP contribution in [-0.2, 0) is 22.6 Å². The van der Waals surface area contributed by atoms with Crippen LogP contribution >= 0.6 is 11.8 Å². The van der Waals surface area contributed by atoms with Crippen molar-refractivity contribution in [2.75, 3.05) is 18.6 Å². The van der Waals surface area contributed by atoms with Crippen molar-refractivity contribution in [1.29, 1.82) is 0 Å². The first-order valence-corrected chi connectivity index (χ1v) is 14.9. The van der Waals surface area contributed by atoms with Gasteiger partial charge in [0, 0.05) is 12.0 Å². The molecule has 0 aliphatic carbocycles. The maximum Gasteiger partial charge on any atom is 0.326 e. The summed E-state index contributed by atoms with van der Waals surface area (Å²) >= 11 is 1.55. The number of furan rings is 1. The van der Waals surface area contributed by atoms with Crippen molar-refractivity contribution in [3.05, 3.63) is 82.8 Å². The summed E-state index contributed by atoms with van der Waals surface area (Å²) in [5.41, 5.74) is 9.71. The molecule has 0 bridgehead atoms. The van der Waals surface area contributed by atoms with Crippen LogP contribution in [0.25, 0.3) is 11.1 Å². The Labute approximate surface area is 235 Å². The van der Waals surface area contributed by atoms with Gasteiger partial charge in [-0.25, -0.2) is 4.79 Å². The first kappa shape index (κ1) is 30.5. The molecule has 0 fully saturated rings. The van der Waals surface area contributed by atoms with E-state index in [4.69, 9.17) is 14.9 Å². The van der Waals surface area contributed by atoms with E-state index < -0.39 is 17.9 Å². The number of rotatable bonds is 16. The zero-order valence-electron chi connectivity index (χ0n) is 23.1. The summed E-state index contributed by atoms with van der Waals surface area (Å²) in [6.45, 7) is 5.01. The van der Waals surface area contributed by atoms with Crippen LogP contribution in [0.2, 0.25) is 0 Å². The number of benzene rings is 2. The lowest BCUT2D eigenvalue weighted by Crippen LogP contribution is -2.41. The Bertz CT molecular complexity index is 1230. The molecule has 2 unspecified atom stereocenters. The molecule has 4 N–H and O–H groups in total. The third kappa shape index (κ3) is 8.71.